The van der Waals surface area contributed by atoms with Gasteiger partial charge in [0.2, 0.25) is 0 Å². The van der Waals surface area contributed by atoms with Gasteiger partial charge in [-0.05, 0) is 37.3 Å². The molecule has 0 aliphatic rings. The number of nitrogens with one attached hydrogen (secondary N) is 1. The molecule has 0 unspecified atom stereocenters. The summed E-state index contributed by atoms with van der Waals surface area (Å²) in [5, 5.41) is 11.7. The lowest BCUT2D eigenvalue weighted by atomic mass is 10.1. The second-order valence-electron chi connectivity index (χ2n) is 4.70. The summed E-state index contributed by atoms with van der Waals surface area (Å²) in [6, 6.07) is 5.94. The van der Waals surface area contributed by atoms with Gasteiger partial charge in [-0.15, -0.1) is 0 Å². The highest BCUT2D eigenvalue weighted by molar-refractivity contribution is 6.06. The Hall–Kier alpha value is -2.57. The van der Waals surface area contributed by atoms with E-state index >= 15 is 0 Å². The van der Waals surface area contributed by atoms with Crippen molar-refractivity contribution in [1.82, 2.24) is 0 Å². The van der Waals surface area contributed by atoms with Crippen LogP contribution in [0, 0.1) is 12.7 Å². The van der Waals surface area contributed by atoms with Crippen LogP contribution < -0.4 is 5.32 Å². The Labute approximate surface area is 123 Å². The number of amides is 1. The van der Waals surface area contributed by atoms with Gasteiger partial charge in [-0.3, -0.25) is 4.79 Å². The minimum atomic E-state index is -4.73. The highest BCUT2D eigenvalue weighted by Crippen LogP contribution is 2.32. The van der Waals surface area contributed by atoms with Crippen molar-refractivity contribution in [2.24, 2.45) is 0 Å². The maximum Gasteiger partial charge on any atom is 0.416 e. The molecule has 0 saturated heterocycles. The number of anilines is 1. The second-order valence-corrected chi connectivity index (χ2v) is 4.70. The number of phenols is 1. The lowest BCUT2D eigenvalue weighted by molar-refractivity contribution is -0.137. The van der Waals surface area contributed by atoms with Crippen LogP contribution in [0.2, 0.25) is 0 Å². The van der Waals surface area contributed by atoms with Crippen LogP contribution in [0.4, 0.5) is 23.2 Å². The van der Waals surface area contributed by atoms with Gasteiger partial charge in [0.15, 0.2) is 0 Å². The van der Waals surface area contributed by atoms with Crippen LogP contribution in [0.3, 0.4) is 0 Å². The van der Waals surface area contributed by atoms with E-state index in [2.05, 4.69) is 5.32 Å². The zero-order valence-corrected chi connectivity index (χ0v) is 11.3. The standard InChI is InChI=1S/C15H11F4NO2/c1-8-2-3-13(21)12(4-8)14(22)20-11-6-9(15(17,18)19)5-10(16)7-11/h2-7,21H,1H3,(H,20,22). The van der Waals surface area contributed by atoms with Crippen molar-refractivity contribution in [3.05, 3.63) is 58.9 Å². The van der Waals surface area contributed by atoms with E-state index in [1.54, 1.807) is 13.0 Å². The molecule has 2 N–H and O–H groups in total. The van der Waals surface area contributed by atoms with Gasteiger partial charge >= 0.3 is 6.18 Å². The van der Waals surface area contributed by atoms with Gasteiger partial charge in [0, 0.05) is 5.69 Å². The molecule has 0 atom stereocenters. The van der Waals surface area contributed by atoms with Gasteiger partial charge in [-0.1, -0.05) is 11.6 Å². The molecule has 7 heteroatoms. The van der Waals surface area contributed by atoms with Gasteiger partial charge in [0.05, 0.1) is 11.1 Å². The quantitative estimate of drug-likeness (QED) is 0.820. The van der Waals surface area contributed by atoms with Crippen molar-refractivity contribution >= 4 is 11.6 Å². The third-order valence-corrected chi connectivity index (χ3v) is 2.88. The minimum Gasteiger partial charge on any atom is -0.507 e. The smallest absolute Gasteiger partial charge is 0.416 e. The number of benzene rings is 2. The third kappa shape index (κ3) is 3.55. The molecular weight excluding hydrogens is 302 g/mol. The Morgan fingerprint density at radius 2 is 1.82 bits per heavy atom. The van der Waals surface area contributed by atoms with Crippen molar-refractivity contribution in [3.8, 4) is 5.75 Å². The largest absolute Gasteiger partial charge is 0.507 e. The van der Waals surface area contributed by atoms with Crippen molar-refractivity contribution in [2.75, 3.05) is 5.32 Å². The molecule has 0 spiro atoms. The van der Waals surface area contributed by atoms with Crippen LogP contribution in [0.5, 0.6) is 5.75 Å². The highest BCUT2D eigenvalue weighted by Gasteiger charge is 2.31. The number of aryl methyl sites for hydroxylation is 1. The van der Waals surface area contributed by atoms with Crippen LogP contribution in [0.1, 0.15) is 21.5 Å². The SMILES string of the molecule is Cc1ccc(O)c(C(=O)Nc2cc(F)cc(C(F)(F)F)c2)c1. The van der Waals surface area contributed by atoms with Crippen LogP contribution in [-0.2, 0) is 6.18 Å². The number of halogens is 4. The first kappa shape index (κ1) is 15.8. The molecule has 2 rings (SSSR count). The molecule has 2 aromatic rings. The Balaban J connectivity index is 2.32. The van der Waals surface area contributed by atoms with E-state index in [4.69, 9.17) is 0 Å². The Bertz CT molecular complexity index is 726. The van der Waals surface area contributed by atoms with Crippen molar-refractivity contribution < 1.29 is 27.5 Å². The Kier molecular flexibility index (Phi) is 4.07. The monoisotopic (exact) mass is 313 g/mol. The molecule has 0 saturated carbocycles. The van der Waals surface area contributed by atoms with Crippen molar-refractivity contribution in [2.45, 2.75) is 13.1 Å². The fourth-order valence-electron chi connectivity index (χ4n) is 1.86. The highest BCUT2D eigenvalue weighted by atomic mass is 19.4. The Morgan fingerprint density at radius 3 is 2.45 bits per heavy atom. The third-order valence-electron chi connectivity index (χ3n) is 2.88. The molecule has 1 amide bonds. The number of carbonyl (C=O) groups excluding carboxylic acids is 1. The molecule has 116 valence electrons. The molecule has 2 aromatic carbocycles. The van der Waals surface area contributed by atoms with Gasteiger partial charge < -0.3 is 10.4 Å². The number of carbonyl (C=O) groups is 1. The van der Waals surface area contributed by atoms with Crippen molar-refractivity contribution in [1.29, 1.82) is 0 Å². The second kappa shape index (κ2) is 5.67. The summed E-state index contributed by atoms with van der Waals surface area (Å²) in [7, 11) is 0. The van der Waals surface area contributed by atoms with E-state index in [1.165, 1.54) is 12.1 Å². The van der Waals surface area contributed by atoms with E-state index in [1.807, 2.05) is 0 Å². The first-order chi connectivity index (χ1) is 10.2. The summed E-state index contributed by atoms with van der Waals surface area (Å²) in [5.41, 5.74) is -0.995. The molecular formula is C15H11F4NO2. The van der Waals surface area contributed by atoms with Crippen molar-refractivity contribution in [3.63, 3.8) is 0 Å². The molecule has 0 bridgehead atoms. The number of phenolic OH excluding ortho intramolecular Hbond substituents is 1. The lowest BCUT2D eigenvalue weighted by Crippen LogP contribution is -2.14. The van der Waals surface area contributed by atoms with Crippen LogP contribution in [0.25, 0.3) is 0 Å². The summed E-state index contributed by atoms with van der Waals surface area (Å²) in [4.78, 5) is 12.0. The number of rotatable bonds is 2. The fourth-order valence-corrected chi connectivity index (χ4v) is 1.86. The van der Waals surface area contributed by atoms with Crippen LogP contribution >= 0.6 is 0 Å². The summed E-state index contributed by atoms with van der Waals surface area (Å²) < 4.78 is 51.1. The summed E-state index contributed by atoms with van der Waals surface area (Å²) in [6.45, 7) is 1.68. The predicted octanol–water partition coefficient (Wildman–Crippen LogP) is 4.11. The zero-order valence-electron chi connectivity index (χ0n) is 11.3. The van der Waals surface area contributed by atoms with E-state index < -0.39 is 23.5 Å². The molecule has 0 radical (unpaired) electrons. The molecule has 0 aromatic heterocycles. The van der Waals surface area contributed by atoms with Gasteiger partial charge in [-0.2, -0.15) is 13.2 Å². The lowest BCUT2D eigenvalue weighted by Gasteiger charge is -2.11. The first-order valence-electron chi connectivity index (χ1n) is 6.15. The molecule has 0 heterocycles. The average Bonchev–Trinajstić information content (AvgIpc) is 2.39. The number of aromatic hydroxyl groups is 1. The minimum absolute atomic E-state index is 0.113. The molecule has 3 nitrogen and oxygen atoms in total. The van der Waals surface area contributed by atoms with Crippen LogP contribution in [0.15, 0.2) is 36.4 Å². The molecule has 22 heavy (non-hydrogen) atoms. The van der Waals surface area contributed by atoms with E-state index in [0.717, 1.165) is 6.07 Å². The average molecular weight is 313 g/mol. The number of hydrogen-bond donors (Lipinski definition) is 2. The van der Waals surface area contributed by atoms with Gasteiger partial charge in [0.25, 0.3) is 5.91 Å². The Morgan fingerprint density at radius 1 is 1.14 bits per heavy atom. The topological polar surface area (TPSA) is 49.3 Å². The molecule has 0 aliphatic heterocycles. The fraction of sp³-hybridized carbons (Fsp3) is 0.133. The van der Waals surface area contributed by atoms with E-state index in [-0.39, 0.29) is 17.0 Å². The summed E-state index contributed by atoms with van der Waals surface area (Å²) in [5.74, 6) is -2.28. The molecule has 0 aliphatic carbocycles. The number of alkyl halides is 3. The zero-order chi connectivity index (χ0) is 16.5. The summed E-state index contributed by atoms with van der Waals surface area (Å²) >= 11 is 0. The predicted molar refractivity (Wildman–Crippen MR) is 72.2 cm³/mol. The summed E-state index contributed by atoms with van der Waals surface area (Å²) in [6.07, 6.45) is -4.73. The van der Waals surface area contributed by atoms with E-state index in [9.17, 15) is 27.5 Å². The van der Waals surface area contributed by atoms with Gasteiger partial charge in [-0.25, -0.2) is 4.39 Å². The first-order valence-corrected chi connectivity index (χ1v) is 6.15. The van der Waals surface area contributed by atoms with E-state index in [0.29, 0.717) is 17.7 Å². The van der Waals surface area contributed by atoms with Crippen LogP contribution in [-0.4, -0.2) is 11.0 Å². The number of hydrogen-bond acceptors (Lipinski definition) is 2. The normalized spacial score (nSPS) is 11.3. The maximum atomic E-state index is 13.3. The maximum absolute atomic E-state index is 13.3. The molecule has 0 fully saturated rings. The van der Waals surface area contributed by atoms with Gasteiger partial charge in [0.1, 0.15) is 11.6 Å².